The number of halogens is 2. The van der Waals surface area contributed by atoms with E-state index < -0.39 is 17.2 Å². The van der Waals surface area contributed by atoms with E-state index in [1.165, 1.54) is 4.90 Å². The van der Waals surface area contributed by atoms with Gasteiger partial charge in [0.15, 0.2) is 0 Å². The Labute approximate surface area is 311 Å². The molecule has 268 valence electrons. The average molecular weight is 825 g/mol. The number of carbonyl (C=O) groups excluding carboxylic acids is 3. The second-order valence-electron chi connectivity index (χ2n) is 15.1. The van der Waals surface area contributed by atoms with Crippen molar-refractivity contribution in [3.63, 3.8) is 0 Å². The number of ether oxygens (including phenoxy) is 1. The van der Waals surface area contributed by atoms with Crippen molar-refractivity contribution in [2.45, 2.75) is 115 Å². The standard InChI is InChI=1S/C21H24BrN3O4.C16H16BrN3O2/c1-20(2,3)29-19(28)25-17(26)7-9-21(25)8-6-16-23-15-12-13(22)4-5-14(15)18(27)24(16)11-10-21;17-10-1-2-11-12(9-10)18-13-3-5-16(6-4-14(21)19-16)7-8-20(13)15(11)22/h4-5,12H,6-11H2,1-3H3;1-2,9H,3-8H2,(H,19,21). The van der Waals surface area contributed by atoms with Crippen LogP contribution < -0.4 is 16.4 Å². The lowest BCUT2D eigenvalue weighted by Crippen LogP contribution is -2.51. The molecule has 0 bridgehead atoms. The fourth-order valence-electron chi connectivity index (χ4n) is 7.97. The molecule has 2 unspecified atom stereocenters. The molecule has 1 N–H and O–H groups in total. The predicted octanol–water partition coefficient (Wildman–Crippen LogP) is 5.94. The molecule has 51 heavy (non-hydrogen) atoms. The van der Waals surface area contributed by atoms with Crippen LogP contribution in [-0.2, 0) is 40.3 Å². The van der Waals surface area contributed by atoms with E-state index in [4.69, 9.17) is 14.7 Å². The lowest BCUT2D eigenvalue weighted by atomic mass is 9.87. The molecule has 8 rings (SSSR count). The van der Waals surface area contributed by atoms with Crippen molar-refractivity contribution in [3.8, 4) is 0 Å². The first kappa shape index (κ1) is 35.5. The zero-order valence-electron chi connectivity index (χ0n) is 28.9. The van der Waals surface area contributed by atoms with Gasteiger partial charge in [-0.2, -0.15) is 0 Å². The molecule has 14 heteroatoms. The Morgan fingerprint density at radius 2 is 1.27 bits per heavy atom. The fraction of sp³-hybridized carbons (Fsp3) is 0.486. The number of aromatic nitrogens is 4. The third kappa shape index (κ3) is 6.88. The van der Waals surface area contributed by atoms with Gasteiger partial charge in [0.05, 0.1) is 27.3 Å². The van der Waals surface area contributed by atoms with E-state index in [1.54, 1.807) is 36.0 Å². The Kier molecular flexibility index (Phi) is 9.22. The van der Waals surface area contributed by atoms with Gasteiger partial charge in [-0.3, -0.25) is 28.3 Å². The van der Waals surface area contributed by atoms with Gasteiger partial charge in [0.1, 0.15) is 17.2 Å². The molecule has 2 aromatic heterocycles. The van der Waals surface area contributed by atoms with Crippen LogP contribution in [0.25, 0.3) is 21.8 Å². The highest BCUT2D eigenvalue weighted by Crippen LogP contribution is 2.40. The van der Waals surface area contributed by atoms with E-state index in [2.05, 4.69) is 37.2 Å². The van der Waals surface area contributed by atoms with E-state index in [-0.39, 0.29) is 28.5 Å². The molecule has 0 saturated carbocycles. The van der Waals surface area contributed by atoms with Gasteiger partial charge in [-0.1, -0.05) is 31.9 Å². The van der Waals surface area contributed by atoms with Gasteiger partial charge in [-0.15, -0.1) is 0 Å². The van der Waals surface area contributed by atoms with Gasteiger partial charge in [-0.25, -0.2) is 19.7 Å². The van der Waals surface area contributed by atoms with Crippen molar-refractivity contribution in [1.29, 1.82) is 0 Å². The van der Waals surface area contributed by atoms with Crippen LogP contribution in [-0.4, -0.2) is 58.6 Å². The van der Waals surface area contributed by atoms with Gasteiger partial charge < -0.3 is 10.1 Å². The number of carbonyl (C=O) groups is 3. The van der Waals surface area contributed by atoms with Crippen LogP contribution in [0.2, 0.25) is 0 Å². The number of hydrogen-bond donors (Lipinski definition) is 1. The molecular weight excluding hydrogens is 784 g/mol. The number of likely N-dealkylation sites (tertiary alicyclic amines) is 1. The zero-order chi connectivity index (χ0) is 36.3. The van der Waals surface area contributed by atoms with Gasteiger partial charge in [-0.05, 0) is 95.7 Å². The fourth-order valence-corrected chi connectivity index (χ4v) is 8.67. The molecule has 2 spiro atoms. The van der Waals surface area contributed by atoms with Crippen molar-refractivity contribution in [3.05, 3.63) is 77.7 Å². The Morgan fingerprint density at radius 3 is 1.82 bits per heavy atom. The quantitative estimate of drug-likeness (QED) is 0.230. The third-order valence-corrected chi connectivity index (χ3v) is 11.6. The summed E-state index contributed by atoms with van der Waals surface area (Å²) in [6, 6.07) is 11.0. The van der Waals surface area contributed by atoms with Crippen LogP contribution in [0.4, 0.5) is 4.79 Å². The Bertz CT molecular complexity index is 2230. The van der Waals surface area contributed by atoms with Gasteiger partial charge >= 0.3 is 6.09 Å². The third-order valence-electron chi connectivity index (χ3n) is 10.6. The van der Waals surface area contributed by atoms with Crippen molar-refractivity contribution >= 4 is 71.6 Å². The number of imide groups is 1. The van der Waals surface area contributed by atoms with E-state index in [0.717, 1.165) is 46.0 Å². The molecule has 4 aromatic rings. The SMILES string of the molecule is CC(C)(C)OC(=O)N1C(=O)CCC12CCc1nc3cc(Br)ccc3c(=O)n1CC2.O=C1CCC2(CCc3nc4cc(Br)ccc4c(=O)n3CC2)N1. The maximum absolute atomic E-state index is 13.0. The topological polar surface area (TPSA) is 145 Å². The summed E-state index contributed by atoms with van der Waals surface area (Å²) in [6.45, 7) is 6.39. The molecule has 3 amide bonds. The first-order valence-electron chi connectivity index (χ1n) is 17.4. The van der Waals surface area contributed by atoms with Gasteiger partial charge in [0.25, 0.3) is 11.1 Å². The Hall–Kier alpha value is -3.91. The highest BCUT2D eigenvalue weighted by atomic mass is 79.9. The van der Waals surface area contributed by atoms with Gasteiger partial charge in [0.2, 0.25) is 11.8 Å². The number of rotatable bonds is 0. The second-order valence-corrected chi connectivity index (χ2v) is 16.9. The molecule has 2 atom stereocenters. The molecule has 4 aliphatic rings. The van der Waals surface area contributed by atoms with Crippen LogP contribution in [0.15, 0.2) is 54.9 Å². The van der Waals surface area contributed by atoms with Crippen LogP contribution in [0, 0.1) is 0 Å². The van der Waals surface area contributed by atoms with E-state index in [1.807, 2.05) is 30.3 Å². The number of aryl methyl sites for hydroxylation is 2. The maximum atomic E-state index is 13.0. The first-order chi connectivity index (χ1) is 24.2. The van der Waals surface area contributed by atoms with E-state index in [9.17, 15) is 24.0 Å². The van der Waals surface area contributed by atoms with Crippen molar-refractivity contribution in [2.75, 3.05) is 0 Å². The molecule has 6 heterocycles. The average Bonchev–Trinajstić information content (AvgIpc) is 3.45. The predicted molar refractivity (Wildman–Crippen MR) is 198 cm³/mol. The zero-order valence-corrected chi connectivity index (χ0v) is 32.1. The highest BCUT2D eigenvalue weighted by molar-refractivity contribution is 9.10. The van der Waals surface area contributed by atoms with Crippen LogP contribution in [0.1, 0.15) is 83.8 Å². The van der Waals surface area contributed by atoms with Crippen molar-refractivity contribution < 1.29 is 19.1 Å². The van der Waals surface area contributed by atoms with Crippen LogP contribution >= 0.6 is 31.9 Å². The number of amides is 3. The minimum Gasteiger partial charge on any atom is -0.443 e. The van der Waals surface area contributed by atoms with Crippen LogP contribution in [0.5, 0.6) is 0 Å². The van der Waals surface area contributed by atoms with E-state index in [0.29, 0.717) is 73.7 Å². The largest absolute Gasteiger partial charge is 0.443 e. The first-order valence-corrected chi connectivity index (χ1v) is 19.0. The van der Waals surface area contributed by atoms with Crippen molar-refractivity contribution in [1.82, 2.24) is 29.3 Å². The molecular formula is C37H40Br2N6O6. The summed E-state index contributed by atoms with van der Waals surface area (Å²) in [5, 5.41) is 4.34. The maximum Gasteiger partial charge on any atom is 0.417 e. The van der Waals surface area contributed by atoms with Gasteiger partial charge in [0, 0.05) is 53.3 Å². The summed E-state index contributed by atoms with van der Waals surface area (Å²) in [5.41, 5.74) is -0.138. The number of benzene rings is 2. The summed E-state index contributed by atoms with van der Waals surface area (Å²) in [6.07, 6.45) is 5.74. The monoisotopic (exact) mass is 822 g/mol. The summed E-state index contributed by atoms with van der Waals surface area (Å²) in [7, 11) is 0. The lowest BCUT2D eigenvalue weighted by molar-refractivity contribution is -0.130. The molecule has 4 aliphatic heterocycles. The van der Waals surface area contributed by atoms with Crippen molar-refractivity contribution in [2.24, 2.45) is 0 Å². The number of nitrogens with one attached hydrogen (secondary N) is 1. The summed E-state index contributed by atoms with van der Waals surface area (Å²) >= 11 is 6.85. The highest BCUT2D eigenvalue weighted by Gasteiger charge is 2.50. The normalized spacial score (nSPS) is 23.0. The Morgan fingerprint density at radius 1 is 0.745 bits per heavy atom. The minimum absolute atomic E-state index is 0.0221. The molecule has 2 saturated heterocycles. The molecule has 2 aromatic carbocycles. The number of hydrogen-bond acceptors (Lipinski definition) is 8. The number of nitrogens with zero attached hydrogens (tertiary/aromatic N) is 5. The Balaban J connectivity index is 0.000000165. The molecule has 0 radical (unpaired) electrons. The van der Waals surface area contributed by atoms with E-state index >= 15 is 0 Å². The molecule has 2 fully saturated rings. The molecule has 0 aliphatic carbocycles. The summed E-state index contributed by atoms with van der Waals surface area (Å²) < 4.78 is 10.8. The molecule has 12 nitrogen and oxygen atoms in total. The summed E-state index contributed by atoms with van der Waals surface area (Å²) in [4.78, 5) is 73.5. The minimum atomic E-state index is -0.682. The van der Waals surface area contributed by atoms with Crippen LogP contribution in [0.3, 0.4) is 0 Å². The smallest absolute Gasteiger partial charge is 0.417 e. The second kappa shape index (κ2) is 13.3. The number of fused-ring (bicyclic) bond motifs is 4. The lowest BCUT2D eigenvalue weighted by Gasteiger charge is -2.37. The summed E-state index contributed by atoms with van der Waals surface area (Å²) in [5.74, 6) is 1.44.